The number of ether oxygens (including phenoxy) is 1. The zero-order valence-electron chi connectivity index (χ0n) is 21.6. The van der Waals surface area contributed by atoms with Crippen LogP contribution in [0.1, 0.15) is 36.9 Å². The quantitative estimate of drug-likeness (QED) is 0.345. The van der Waals surface area contributed by atoms with Gasteiger partial charge in [-0.3, -0.25) is 4.90 Å². The summed E-state index contributed by atoms with van der Waals surface area (Å²) >= 11 is 0. The topological polar surface area (TPSA) is 83.4 Å². The molecule has 0 radical (unpaired) electrons. The van der Waals surface area contributed by atoms with Crippen LogP contribution < -0.4 is 10.1 Å². The first-order valence-electron chi connectivity index (χ1n) is 13.4. The number of phenolic OH excluding ortho intramolecular Hbond substituents is 1. The minimum absolute atomic E-state index is 0.000113. The van der Waals surface area contributed by atoms with Crippen LogP contribution in [0.15, 0.2) is 24.3 Å². The summed E-state index contributed by atoms with van der Waals surface area (Å²) in [7, 11) is 0. The molecule has 0 spiro atoms. The van der Waals surface area contributed by atoms with Crippen molar-refractivity contribution in [3.63, 3.8) is 0 Å². The Labute approximate surface area is 228 Å². The smallest absolute Gasteiger partial charge is 0.319 e. The van der Waals surface area contributed by atoms with Crippen LogP contribution in [0.25, 0.3) is 32.9 Å². The lowest BCUT2D eigenvalue weighted by Gasteiger charge is -2.30. The van der Waals surface area contributed by atoms with Gasteiger partial charge in [0.2, 0.25) is 0 Å². The van der Waals surface area contributed by atoms with E-state index in [0.717, 1.165) is 19.4 Å². The summed E-state index contributed by atoms with van der Waals surface area (Å²) in [6.07, 6.45) is 8.14. The highest BCUT2D eigenvalue weighted by molar-refractivity contribution is 6.03. The standard InChI is InChI=1S/C30H26F3N5O2/c1-2-19-21(32)7-6-16-11-18(39)12-20(23(16)19)26-25(33)27-24-22(35-26)5-3-9-34-28(24)37-29(36-27)40-15-30-8-4-10-38(30)14-17(31)13-30/h1,6-7,11-12,17,39H,3-5,8-10,13-15H2,(H,34,36,37)/t17-,30+/m1/s1. The number of pyridine rings is 1. The summed E-state index contributed by atoms with van der Waals surface area (Å²) in [6, 6.07) is 5.46. The zero-order chi connectivity index (χ0) is 27.6. The fourth-order valence-electron chi connectivity index (χ4n) is 6.64. The van der Waals surface area contributed by atoms with Gasteiger partial charge in [0.05, 0.1) is 22.2 Å². The molecule has 5 heterocycles. The third-order valence-electron chi connectivity index (χ3n) is 8.40. The number of terminal acetylenes is 1. The average molecular weight is 546 g/mol. The summed E-state index contributed by atoms with van der Waals surface area (Å²) in [5.41, 5.74) is 0.183. The molecule has 2 aromatic heterocycles. The van der Waals surface area contributed by atoms with Gasteiger partial charge in [-0.25, -0.2) is 18.2 Å². The Hall–Kier alpha value is -4.10. The number of hydrogen-bond donors (Lipinski definition) is 2. The number of fused-ring (bicyclic) bond motifs is 2. The number of phenols is 1. The first-order chi connectivity index (χ1) is 19.4. The fraction of sp³-hybridized carbons (Fsp3) is 0.367. The first-order valence-corrected chi connectivity index (χ1v) is 13.4. The predicted octanol–water partition coefficient (Wildman–Crippen LogP) is 5.12. The third-order valence-corrected chi connectivity index (χ3v) is 8.40. The summed E-state index contributed by atoms with van der Waals surface area (Å²) < 4.78 is 51.5. The van der Waals surface area contributed by atoms with Crippen LogP contribution in [0.4, 0.5) is 19.0 Å². The number of aromatic hydroxyl groups is 1. The lowest BCUT2D eigenvalue weighted by atomic mass is 9.95. The molecule has 7 nitrogen and oxygen atoms in total. The number of aromatic nitrogens is 3. The van der Waals surface area contributed by atoms with E-state index in [1.165, 1.54) is 24.3 Å². The number of nitrogens with zero attached hydrogens (tertiary/aromatic N) is 4. The van der Waals surface area contributed by atoms with Crippen LogP contribution in [0, 0.1) is 24.0 Å². The largest absolute Gasteiger partial charge is 0.508 e. The predicted molar refractivity (Wildman–Crippen MR) is 145 cm³/mol. The van der Waals surface area contributed by atoms with Crippen LogP contribution in [0.2, 0.25) is 0 Å². The summed E-state index contributed by atoms with van der Waals surface area (Å²) in [6.45, 7) is 1.99. The number of rotatable bonds is 4. The second kappa shape index (κ2) is 9.24. The molecule has 0 bridgehead atoms. The number of benzene rings is 2. The highest BCUT2D eigenvalue weighted by atomic mass is 19.1. The van der Waals surface area contributed by atoms with E-state index in [9.17, 15) is 13.9 Å². The molecule has 4 aromatic rings. The van der Waals surface area contributed by atoms with E-state index in [4.69, 9.17) is 11.2 Å². The lowest BCUT2D eigenvalue weighted by molar-refractivity contribution is 0.107. The van der Waals surface area contributed by atoms with Crippen molar-refractivity contribution < 1.29 is 23.0 Å². The lowest BCUT2D eigenvalue weighted by Crippen LogP contribution is -2.43. The van der Waals surface area contributed by atoms with Crippen molar-refractivity contribution in [3.05, 3.63) is 47.2 Å². The van der Waals surface area contributed by atoms with Gasteiger partial charge in [-0.2, -0.15) is 9.97 Å². The Bertz CT molecular complexity index is 1740. The maximum Gasteiger partial charge on any atom is 0.319 e. The van der Waals surface area contributed by atoms with E-state index >= 15 is 4.39 Å². The molecule has 3 aliphatic rings. The number of alkyl halides is 1. The molecule has 0 amide bonds. The second-order valence-electron chi connectivity index (χ2n) is 10.9. The minimum Gasteiger partial charge on any atom is -0.508 e. The molecular formula is C30H26F3N5O2. The van der Waals surface area contributed by atoms with Crippen molar-refractivity contribution in [1.82, 2.24) is 19.9 Å². The average Bonchev–Trinajstić information content (AvgIpc) is 3.38. The van der Waals surface area contributed by atoms with E-state index in [1.54, 1.807) is 0 Å². The Balaban J connectivity index is 1.40. The highest BCUT2D eigenvalue weighted by Crippen LogP contribution is 2.42. The van der Waals surface area contributed by atoms with Gasteiger partial charge >= 0.3 is 6.01 Å². The van der Waals surface area contributed by atoms with Crippen LogP contribution in [-0.2, 0) is 6.42 Å². The van der Waals surface area contributed by atoms with Gasteiger partial charge < -0.3 is 15.2 Å². The van der Waals surface area contributed by atoms with Gasteiger partial charge in [0, 0.05) is 30.5 Å². The van der Waals surface area contributed by atoms with Crippen molar-refractivity contribution in [2.24, 2.45) is 0 Å². The van der Waals surface area contributed by atoms with E-state index in [0.29, 0.717) is 54.6 Å². The Morgan fingerprint density at radius 1 is 1.18 bits per heavy atom. The monoisotopic (exact) mass is 545 g/mol. The molecule has 2 fully saturated rings. The van der Waals surface area contributed by atoms with Crippen molar-refractivity contribution in [2.45, 2.75) is 43.8 Å². The molecule has 204 valence electrons. The van der Waals surface area contributed by atoms with Gasteiger partial charge in [0.15, 0.2) is 5.82 Å². The molecule has 2 saturated heterocycles. The third kappa shape index (κ3) is 3.83. The Kier molecular flexibility index (Phi) is 5.75. The van der Waals surface area contributed by atoms with Crippen molar-refractivity contribution >= 4 is 27.5 Å². The summed E-state index contributed by atoms with van der Waals surface area (Å²) in [4.78, 5) is 15.8. The Morgan fingerprint density at radius 2 is 2.05 bits per heavy atom. The van der Waals surface area contributed by atoms with E-state index < -0.39 is 23.3 Å². The molecule has 2 N–H and O–H groups in total. The maximum atomic E-state index is 16.5. The van der Waals surface area contributed by atoms with Crippen molar-refractivity contribution in [3.8, 4) is 35.4 Å². The zero-order valence-corrected chi connectivity index (χ0v) is 21.6. The van der Waals surface area contributed by atoms with Crippen molar-refractivity contribution in [2.75, 3.05) is 31.6 Å². The van der Waals surface area contributed by atoms with E-state index in [2.05, 4.69) is 31.1 Å². The van der Waals surface area contributed by atoms with Crippen LogP contribution in [-0.4, -0.2) is 62.9 Å². The van der Waals surface area contributed by atoms with Gasteiger partial charge in [-0.1, -0.05) is 12.0 Å². The molecule has 10 heteroatoms. The molecule has 0 unspecified atom stereocenters. The van der Waals surface area contributed by atoms with Crippen molar-refractivity contribution in [1.29, 1.82) is 0 Å². The normalized spacial score (nSPS) is 22.2. The van der Waals surface area contributed by atoms with Gasteiger partial charge in [-0.05, 0) is 55.8 Å². The maximum absolute atomic E-state index is 16.5. The number of nitrogens with one attached hydrogen (secondary N) is 1. The summed E-state index contributed by atoms with van der Waals surface area (Å²) in [5.74, 6) is 1.25. The number of halogens is 3. The molecule has 3 aliphatic heterocycles. The second-order valence-corrected chi connectivity index (χ2v) is 10.9. The first kappa shape index (κ1) is 24.9. The SMILES string of the molecule is C#Cc1c(F)ccc2cc(O)cc(-c3nc4c5c(nc(OC[C@@]67CCCN6C[C@H](F)C7)nc5c3F)NCCC4)c12. The molecule has 40 heavy (non-hydrogen) atoms. The van der Waals surface area contributed by atoms with Gasteiger partial charge in [0.1, 0.15) is 41.4 Å². The van der Waals surface area contributed by atoms with Crippen LogP contribution >= 0.6 is 0 Å². The molecule has 0 aliphatic carbocycles. The highest BCUT2D eigenvalue weighted by Gasteiger charge is 2.49. The van der Waals surface area contributed by atoms with Crippen LogP contribution in [0.3, 0.4) is 0 Å². The molecule has 2 aromatic carbocycles. The number of aryl methyl sites for hydroxylation is 1. The molecular weight excluding hydrogens is 519 g/mol. The molecule has 7 rings (SSSR count). The number of anilines is 1. The molecule has 2 atom stereocenters. The minimum atomic E-state index is -0.906. The molecule has 0 saturated carbocycles. The van der Waals surface area contributed by atoms with E-state index in [-0.39, 0.29) is 46.1 Å². The van der Waals surface area contributed by atoms with Gasteiger partial charge in [-0.15, -0.1) is 6.42 Å². The number of hydrogen-bond acceptors (Lipinski definition) is 7. The summed E-state index contributed by atoms with van der Waals surface area (Å²) in [5, 5.41) is 14.9. The van der Waals surface area contributed by atoms with Gasteiger partial charge in [0.25, 0.3) is 0 Å². The van der Waals surface area contributed by atoms with Crippen LogP contribution in [0.5, 0.6) is 11.8 Å². The van der Waals surface area contributed by atoms with E-state index in [1.807, 2.05) is 0 Å². The Morgan fingerprint density at radius 3 is 2.90 bits per heavy atom. The fourth-order valence-corrected chi connectivity index (χ4v) is 6.64.